The van der Waals surface area contributed by atoms with Crippen molar-refractivity contribution in [2.75, 3.05) is 0 Å². The molecule has 0 spiro atoms. The number of nitrogens with zero attached hydrogens (tertiary/aromatic N) is 2. The minimum absolute atomic E-state index is 0.183. The van der Waals surface area contributed by atoms with Crippen LogP contribution in [0.4, 0.5) is 0 Å². The van der Waals surface area contributed by atoms with Crippen molar-refractivity contribution in [2.45, 2.75) is 54.5 Å². The van der Waals surface area contributed by atoms with Gasteiger partial charge in [0.05, 0.1) is 0 Å². The van der Waals surface area contributed by atoms with Gasteiger partial charge in [0, 0.05) is 29.7 Å². The minimum atomic E-state index is -3.67. The first kappa shape index (κ1) is 18.7. The minimum Gasteiger partial charge on any atom is -0.345 e. The molecule has 4 saturated carbocycles. The van der Waals surface area contributed by atoms with E-state index in [-0.39, 0.29) is 16.3 Å². The van der Waals surface area contributed by atoms with E-state index in [1.165, 1.54) is 6.20 Å². The van der Waals surface area contributed by atoms with Gasteiger partial charge in [-0.3, -0.25) is 14.8 Å². The average molecular weight is 413 g/mol. The molecule has 4 aliphatic rings. The van der Waals surface area contributed by atoms with Gasteiger partial charge >= 0.3 is 0 Å². The van der Waals surface area contributed by atoms with Crippen LogP contribution in [0.3, 0.4) is 0 Å². The summed E-state index contributed by atoms with van der Waals surface area (Å²) in [6.07, 6.45) is 9.72. The maximum absolute atomic E-state index is 13.0. The first-order valence-corrected chi connectivity index (χ1v) is 11.5. The van der Waals surface area contributed by atoms with Gasteiger partial charge in [-0.15, -0.1) is 0 Å². The molecule has 0 radical (unpaired) electrons. The second-order valence-corrected chi connectivity index (χ2v) is 10.7. The lowest BCUT2D eigenvalue weighted by atomic mass is 9.50. The van der Waals surface area contributed by atoms with Crippen LogP contribution in [0.2, 0.25) is 0 Å². The van der Waals surface area contributed by atoms with Crippen molar-refractivity contribution in [3.8, 4) is 0 Å². The molecule has 0 saturated heterocycles. The number of sulfonamides is 1. The van der Waals surface area contributed by atoms with E-state index in [0.717, 1.165) is 32.1 Å². The number of rotatable bonds is 5. The van der Waals surface area contributed by atoms with E-state index in [4.69, 9.17) is 0 Å². The smallest absolute Gasteiger partial charge is 0.270 e. The van der Waals surface area contributed by atoms with Gasteiger partial charge < -0.3 is 5.32 Å². The third-order valence-corrected chi connectivity index (χ3v) is 8.20. The summed E-state index contributed by atoms with van der Waals surface area (Å²) in [6, 6.07) is 8.48. The van der Waals surface area contributed by atoms with Crippen molar-refractivity contribution in [3.05, 3.63) is 54.6 Å². The Morgan fingerprint density at radius 1 is 1.00 bits per heavy atom. The molecule has 152 valence electrons. The van der Waals surface area contributed by atoms with Crippen molar-refractivity contribution in [3.63, 3.8) is 0 Å². The maximum atomic E-state index is 13.0. The largest absolute Gasteiger partial charge is 0.345 e. The number of nitrogens with one attached hydrogen (secondary N) is 2. The first-order chi connectivity index (χ1) is 13.9. The Balaban J connectivity index is 1.42. The van der Waals surface area contributed by atoms with Gasteiger partial charge in [-0.2, -0.15) is 0 Å². The monoisotopic (exact) mass is 412 g/mol. The van der Waals surface area contributed by atoms with E-state index < -0.39 is 15.6 Å². The summed E-state index contributed by atoms with van der Waals surface area (Å²) in [5.41, 5.74) is -0.500. The predicted octanol–water partition coefficient (Wildman–Crippen LogP) is 2.28. The van der Waals surface area contributed by atoms with E-state index in [0.29, 0.717) is 24.0 Å². The molecule has 29 heavy (non-hydrogen) atoms. The number of hydrogen-bond acceptors (Lipinski definition) is 5. The molecule has 4 bridgehead atoms. The fourth-order valence-electron chi connectivity index (χ4n) is 6.18. The average Bonchev–Trinajstić information content (AvgIpc) is 2.67. The Morgan fingerprint density at radius 2 is 1.76 bits per heavy atom. The van der Waals surface area contributed by atoms with Crippen LogP contribution in [0.5, 0.6) is 0 Å². The molecule has 2 N–H and O–H groups in total. The summed E-state index contributed by atoms with van der Waals surface area (Å²) in [5.74, 6) is 0.645. The number of hydrogen-bond donors (Lipinski definition) is 2. The van der Waals surface area contributed by atoms with E-state index >= 15 is 0 Å². The molecular weight excluding hydrogens is 388 g/mol. The van der Waals surface area contributed by atoms with E-state index in [1.807, 2.05) is 0 Å². The van der Waals surface area contributed by atoms with Gasteiger partial charge in [-0.1, -0.05) is 6.07 Å². The number of pyridine rings is 2. The quantitative estimate of drug-likeness (QED) is 0.785. The molecule has 6 rings (SSSR count). The molecule has 4 aliphatic carbocycles. The number of aromatic nitrogens is 2. The van der Waals surface area contributed by atoms with Gasteiger partial charge in [0.25, 0.3) is 5.91 Å². The molecule has 0 aromatic carbocycles. The summed E-state index contributed by atoms with van der Waals surface area (Å²) in [5, 5.41) is 3.24. The van der Waals surface area contributed by atoms with Crippen LogP contribution in [-0.2, 0) is 10.0 Å². The van der Waals surface area contributed by atoms with Crippen molar-refractivity contribution < 1.29 is 13.2 Å². The van der Waals surface area contributed by atoms with Gasteiger partial charge in [0.15, 0.2) is 0 Å². The Bertz CT molecular complexity index is 1010. The summed E-state index contributed by atoms with van der Waals surface area (Å²) in [7, 11) is -3.67. The van der Waals surface area contributed by atoms with Crippen LogP contribution in [0, 0.1) is 11.8 Å². The van der Waals surface area contributed by atoms with Gasteiger partial charge in [0.1, 0.15) is 10.6 Å². The second-order valence-electron chi connectivity index (χ2n) is 8.99. The molecular formula is C21H24N4O3S. The Morgan fingerprint density at radius 3 is 2.41 bits per heavy atom. The first-order valence-electron chi connectivity index (χ1n) is 10.0. The highest BCUT2D eigenvalue weighted by molar-refractivity contribution is 7.89. The van der Waals surface area contributed by atoms with Crippen LogP contribution in [0.25, 0.3) is 0 Å². The molecule has 0 aliphatic heterocycles. The van der Waals surface area contributed by atoms with Crippen molar-refractivity contribution in [1.82, 2.24) is 20.0 Å². The predicted molar refractivity (Wildman–Crippen MR) is 106 cm³/mol. The molecule has 8 heteroatoms. The molecule has 2 aromatic heterocycles. The molecule has 2 heterocycles. The lowest BCUT2D eigenvalue weighted by Gasteiger charge is -2.62. The summed E-state index contributed by atoms with van der Waals surface area (Å²) >= 11 is 0. The number of carbonyl (C=O) groups excluding carboxylic acids is 1. The lowest BCUT2D eigenvalue weighted by Crippen LogP contribution is -2.69. The highest BCUT2D eigenvalue weighted by atomic mass is 32.2. The Hall–Kier alpha value is -2.32. The molecule has 2 atom stereocenters. The zero-order valence-electron chi connectivity index (χ0n) is 16.0. The van der Waals surface area contributed by atoms with Gasteiger partial charge in [-0.25, -0.2) is 13.1 Å². The summed E-state index contributed by atoms with van der Waals surface area (Å²) in [4.78, 5) is 21.1. The second kappa shape index (κ2) is 6.60. The van der Waals surface area contributed by atoms with Gasteiger partial charge in [0.2, 0.25) is 10.0 Å². The van der Waals surface area contributed by atoms with Crippen molar-refractivity contribution in [2.24, 2.45) is 11.8 Å². The number of carbonyl (C=O) groups is 1. The highest BCUT2D eigenvalue weighted by Crippen LogP contribution is 2.57. The normalized spacial score (nSPS) is 32.8. The van der Waals surface area contributed by atoms with Crippen molar-refractivity contribution >= 4 is 15.9 Å². The topological polar surface area (TPSA) is 101 Å². The summed E-state index contributed by atoms with van der Waals surface area (Å²) in [6.45, 7) is 0. The molecule has 4 fully saturated rings. The van der Waals surface area contributed by atoms with Crippen LogP contribution in [-0.4, -0.2) is 35.4 Å². The van der Waals surface area contributed by atoms with E-state index in [2.05, 4.69) is 20.0 Å². The summed E-state index contributed by atoms with van der Waals surface area (Å²) < 4.78 is 29.1. The zero-order chi connectivity index (χ0) is 20.1. The van der Waals surface area contributed by atoms with Gasteiger partial charge in [-0.05, 0) is 74.6 Å². The maximum Gasteiger partial charge on any atom is 0.270 e. The Labute approximate surface area is 170 Å². The van der Waals surface area contributed by atoms with Crippen LogP contribution >= 0.6 is 0 Å². The zero-order valence-corrected chi connectivity index (χ0v) is 16.9. The molecule has 1 amide bonds. The van der Waals surface area contributed by atoms with E-state index in [9.17, 15) is 13.2 Å². The highest BCUT2D eigenvalue weighted by Gasteiger charge is 2.59. The Kier molecular flexibility index (Phi) is 4.25. The standard InChI is InChI=1S/C21H24N4O3S/c26-19(18-5-1-2-7-23-18)24-20-9-15-8-16(10-20)12-21(11-15,14-20)25-29(27,28)17-4-3-6-22-13-17/h1-7,13,15-16,25H,8-12,14H2,(H,24,26). The molecule has 2 unspecified atom stereocenters. The number of amides is 1. The third-order valence-electron chi connectivity index (χ3n) is 6.63. The third kappa shape index (κ3) is 3.44. The van der Waals surface area contributed by atoms with E-state index in [1.54, 1.807) is 42.7 Å². The molecule has 2 aromatic rings. The fourth-order valence-corrected chi connectivity index (χ4v) is 7.56. The lowest BCUT2D eigenvalue weighted by molar-refractivity contribution is -0.0390. The van der Waals surface area contributed by atoms with Crippen LogP contribution in [0.15, 0.2) is 53.8 Å². The SMILES string of the molecule is O=C(NC12CC3CC(C1)CC(NS(=O)(=O)c1cccnc1)(C3)C2)c1ccccn1. The fraction of sp³-hybridized carbons (Fsp3) is 0.476. The molecule has 7 nitrogen and oxygen atoms in total. The van der Waals surface area contributed by atoms with Crippen molar-refractivity contribution in [1.29, 1.82) is 0 Å². The van der Waals surface area contributed by atoms with Crippen LogP contribution < -0.4 is 10.0 Å². The van der Waals surface area contributed by atoms with Crippen LogP contribution in [0.1, 0.15) is 49.0 Å².